The molecular formula is C13H15F3O3. The molecule has 6 heteroatoms. The highest BCUT2D eigenvalue weighted by Gasteiger charge is 2.45. The van der Waals surface area contributed by atoms with Crippen LogP contribution < -0.4 is 4.74 Å². The number of alkyl halides is 3. The zero-order chi connectivity index (χ0) is 14.5. The molecule has 0 aromatic heterocycles. The third-order valence-corrected chi connectivity index (χ3v) is 2.57. The van der Waals surface area contributed by atoms with E-state index in [1.165, 1.54) is 0 Å². The highest BCUT2D eigenvalue weighted by molar-refractivity contribution is 5.71. The predicted molar refractivity (Wildman–Crippen MR) is 63.1 cm³/mol. The van der Waals surface area contributed by atoms with Gasteiger partial charge >= 0.3 is 12.1 Å². The van der Waals surface area contributed by atoms with Crippen molar-refractivity contribution in [2.45, 2.75) is 25.9 Å². The summed E-state index contributed by atoms with van der Waals surface area (Å²) in [6.45, 7) is 1.09. The summed E-state index contributed by atoms with van der Waals surface area (Å²) in [5.74, 6) is -4.21. The lowest BCUT2D eigenvalue weighted by molar-refractivity contribution is -0.198. The summed E-state index contributed by atoms with van der Waals surface area (Å²) in [6.07, 6.45) is -2.97. The van der Waals surface area contributed by atoms with Gasteiger partial charge in [-0.1, -0.05) is 25.5 Å². The molecule has 1 N–H and O–H groups in total. The van der Waals surface area contributed by atoms with Crippen LogP contribution in [0.2, 0.25) is 0 Å². The van der Waals surface area contributed by atoms with Gasteiger partial charge in [0.1, 0.15) is 12.4 Å². The number of carbonyl (C=O) groups is 1. The van der Waals surface area contributed by atoms with E-state index in [1.54, 1.807) is 24.3 Å². The number of carboxylic acids is 1. The summed E-state index contributed by atoms with van der Waals surface area (Å²) < 4.78 is 42.0. The highest BCUT2D eigenvalue weighted by atomic mass is 19.4. The van der Waals surface area contributed by atoms with Gasteiger partial charge in [-0.15, -0.1) is 0 Å². The lowest BCUT2D eigenvalue weighted by atomic mass is 10.1. The van der Waals surface area contributed by atoms with Gasteiger partial charge in [-0.05, 0) is 24.1 Å². The van der Waals surface area contributed by atoms with E-state index in [1.807, 2.05) is 6.92 Å². The second-order valence-corrected chi connectivity index (χ2v) is 4.14. The fourth-order valence-corrected chi connectivity index (χ4v) is 1.53. The second kappa shape index (κ2) is 6.45. The number of aliphatic carboxylic acids is 1. The van der Waals surface area contributed by atoms with Gasteiger partial charge in [0.25, 0.3) is 0 Å². The maximum absolute atomic E-state index is 12.4. The molecule has 0 amide bonds. The molecule has 19 heavy (non-hydrogen) atoms. The number of halogens is 3. The highest BCUT2D eigenvalue weighted by Crippen LogP contribution is 2.27. The first-order chi connectivity index (χ1) is 8.84. The largest absolute Gasteiger partial charge is 0.492 e. The van der Waals surface area contributed by atoms with Gasteiger partial charge in [-0.3, -0.25) is 4.79 Å². The fraction of sp³-hybridized carbons (Fsp3) is 0.462. The molecule has 0 saturated carbocycles. The van der Waals surface area contributed by atoms with Gasteiger partial charge in [0.2, 0.25) is 0 Å². The third-order valence-electron chi connectivity index (χ3n) is 2.57. The maximum Gasteiger partial charge on any atom is 0.405 e. The topological polar surface area (TPSA) is 46.5 Å². The molecule has 0 saturated heterocycles. The molecule has 0 heterocycles. The molecule has 0 bridgehead atoms. The Kier molecular flexibility index (Phi) is 5.20. The Morgan fingerprint density at radius 3 is 2.32 bits per heavy atom. The van der Waals surface area contributed by atoms with Gasteiger partial charge in [0.15, 0.2) is 5.92 Å². The minimum atomic E-state index is -4.81. The molecule has 106 valence electrons. The average Bonchev–Trinajstić information content (AvgIpc) is 2.29. The van der Waals surface area contributed by atoms with Crippen LogP contribution in [-0.4, -0.2) is 23.9 Å². The van der Waals surface area contributed by atoms with Crippen LogP contribution in [-0.2, 0) is 11.2 Å². The zero-order valence-corrected chi connectivity index (χ0v) is 10.4. The van der Waals surface area contributed by atoms with Crippen LogP contribution in [0.5, 0.6) is 5.75 Å². The van der Waals surface area contributed by atoms with Crippen LogP contribution >= 0.6 is 0 Å². The van der Waals surface area contributed by atoms with Crippen molar-refractivity contribution in [3.8, 4) is 5.75 Å². The minimum Gasteiger partial charge on any atom is -0.492 e. The zero-order valence-electron chi connectivity index (χ0n) is 10.4. The number of hydrogen-bond donors (Lipinski definition) is 1. The summed E-state index contributed by atoms with van der Waals surface area (Å²) in [6, 6.07) is 6.59. The molecule has 0 radical (unpaired) electrons. The van der Waals surface area contributed by atoms with Crippen LogP contribution in [0, 0.1) is 5.92 Å². The van der Waals surface area contributed by atoms with E-state index in [4.69, 9.17) is 9.84 Å². The Morgan fingerprint density at radius 2 is 1.89 bits per heavy atom. The molecule has 1 aromatic carbocycles. The van der Waals surface area contributed by atoms with Crippen LogP contribution in [0.3, 0.4) is 0 Å². The average molecular weight is 276 g/mol. The molecule has 0 spiro atoms. The number of ether oxygens (including phenoxy) is 1. The summed E-state index contributed by atoms with van der Waals surface area (Å²) in [5, 5.41) is 8.50. The van der Waals surface area contributed by atoms with Crippen LogP contribution in [0.1, 0.15) is 18.9 Å². The number of carboxylic acid groups (broad SMARTS) is 1. The van der Waals surface area contributed by atoms with Crippen molar-refractivity contribution in [1.82, 2.24) is 0 Å². The van der Waals surface area contributed by atoms with Gasteiger partial charge in [-0.25, -0.2) is 0 Å². The number of hydrogen-bond acceptors (Lipinski definition) is 2. The number of benzene rings is 1. The standard InChI is InChI=1S/C13H15F3O3/c1-2-3-9-4-6-10(7-5-9)19-8-11(12(17)18)13(14,15)16/h4-7,11H,2-3,8H2,1H3,(H,17,18). The summed E-state index contributed by atoms with van der Waals surface area (Å²) in [4.78, 5) is 10.5. The van der Waals surface area contributed by atoms with E-state index in [2.05, 4.69) is 0 Å². The number of aryl methyl sites for hydroxylation is 1. The molecule has 0 aliphatic carbocycles. The predicted octanol–water partition coefficient (Wildman–Crippen LogP) is 3.28. The minimum absolute atomic E-state index is 0.232. The Hall–Kier alpha value is -1.72. The molecule has 1 unspecified atom stereocenters. The van der Waals surface area contributed by atoms with Gasteiger partial charge in [-0.2, -0.15) is 13.2 Å². The van der Waals surface area contributed by atoms with E-state index in [9.17, 15) is 18.0 Å². The van der Waals surface area contributed by atoms with Crippen LogP contribution in [0.25, 0.3) is 0 Å². The van der Waals surface area contributed by atoms with Crippen molar-refractivity contribution >= 4 is 5.97 Å². The van der Waals surface area contributed by atoms with Crippen molar-refractivity contribution in [3.63, 3.8) is 0 Å². The van der Waals surface area contributed by atoms with E-state index in [0.29, 0.717) is 0 Å². The molecule has 0 aliphatic rings. The number of rotatable bonds is 6. The molecule has 1 atom stereocenters. The van der Waals surface area contributed by atoms with Crippen molar-refractivity contribution in [3.05, 3.63) is 29.8 Å². The second-order valence-electron chi connectivity index (χ2n) is 4.14. The first kappa shape index (κ1) is 15.3. The first-order valence-electron chi connectivity index (χ1n) is 5.86. The van der Waals surface area contributed by atoms with Gasteiger partial charge < -0.3 is 9.84 Å². The van der Waals surface area contributed by atoms with Gasteiger partial charge in [0, 0.05) is 0 Å². The smallest absolute Gasteiger partial charge is 0.405 e. The van der Waals surface area contributed by atoms with E-state index >= 15 is 0 Å². The fourth-order valence-electron chi connectivity index (χ4n) is 1.53. The quantitative estimate of drug-likeness (QED) is 0.867. The van der Waals surface area contributed by atoms with Crippen molar-refractivity contribution in [1.29, 1.82) is 0 Å². The SMILES string of the molecule is CCCc1ccc(OCC(C(=O)O)C(F)(F)F)cc1. The van der Waals surface area contributed by atoms with E-state index < -0.39 is 24.7 Å². The monoisotopic (exact) mass is 276 g/mol. The normalized spacial score (nSPS) is 13.1. The van der Waals surface area contributed by atoms with Crippen molar-refractivity contribution < 1.29 is 27.8 Å². The van der Waals surface area contributed by atoms with Crippen molar-refractivity contribution in [2.75, 3.05) is 6.61 Å². The third kappa shape index (κ3) is 4.81. The molecule has 0 fully saturated rings. The van der Waals surface area contributed by atoms with E-state index in [-0.39, 0.29) is 5.75 Å². The lowest BCUT2D eigenvalue weighted by Gasteiger charge is -2.16. The van der Waals surface area contributed by atoms with Crippen molar-refractivity contribution in [2.24, 2.45) is 5.92 Å². The lowest BCUT2D eigenvalue weighted by Crippen LogP contribution is -2.35. The van der Waals surface area contributed by atoms with Gasteiger partial charge in [0.05, 0.1) is 0 Å². The summed E-state index contributed by atoms with van der Waals surface area (Å²) in [7, 11) is 0. The van der Waals surface area contributed by atoms with Crippen LogP contribution in [0.15, 0.2) is 24.3 Å². The Bertz CT molecular complexity index is 412. The molecular weight excluding hydrogens is 261 g/mol. The molecule has 1 rings (SSSR count). The first-order valence-corrected chi connectivity index (χ1v) is 5.86. The molecule has 3 nitrogen and oxygen atoms in total. The van der Waals surface area contributed by atoms with Crippen LogP contribution in [0.4, 0.5) is 13.2 Å². The Morgan fingerprint density at radius 1 is 1.32 bits per heavy atom. The summed E-state index contributed by atoms with van der Waals surface area (Å²) >= 11 is 0. The Balaban J connectivity index is 2.62. The molecule has 1 aromatic rings. The van der Waals surface area contributed by atoms with E-state index in [0.717, 1.165) is 18.4 Å². The summed E-state index contributed by atoms with van der Waals surface area (Å²) in [5.41, 5.74) is 1.06. The Labute approximate surface area is 109 Å². The maximum atomic E-state index is 12.4. The molecule has 0 aliphatic heterocycles.